The molecule has 0 unspecified atom stereocenters. The van der Waals surface area contributed by atoms with Gasteiger partial charge in [0.25, 0.3) is 0 Å². The molecule has 0 radical (unpaired) electrons. The number of carbonyl (C=O) groups is 1. The summed E-state index contributed by atoms with van der Waals surface area (Å²) in [5.74, 6) is -1.44. The number of carboxylic acid groups (broad SMARTS) is 1. The van der Waals surface area contributed by atoms with Crippen molar-refractivity contribution in [2.24, 2.45) is 0 Å². The molecule has 2 aromatic rings. The smallest absolute Gasteiger partial charge is 0.416 e. The van der Waals surface area contributed by atoms with Crippen LogP contribution in [0.4, 0.5) is 26.3 Å². The van der Waals surface area contributed by atoms with Gasteiger partial charge in [-0.15, -0.1) is 0 Å². The Balaban J connectivity index is 2.78. The van der Waals surface area contributed by atoms with Crippen molar-refractivity contribution in [2.45, 2.75) is 19.3 Å². The van der Waals surface area contributed by atoms with E-state index in [9.17, 15) is 31.1 Å². The Morgan fingerprint density at radius 1 is 0.875 bits per heavy atom. The minimum atomic E-state index is -5.00. The van der Waals surface area contributed by atoms with Gasteiger partial charge in [-0.05, 0) is 42.3 Å². The fraction of sp³-hybridized carbons (Fsp3) is 0.188. The summed E-state index contributed by atoms with van der Waals surface area (Å²) in [6, 6.07) is 4.80. The highest BCUT2D eigenvalue weighted by Crippen LogP contribution is 2.39. The second-order valence-corrected chi connectivity index (χ2v) is 5.15. The third-order valence-electron chi connectivity index (χ3n) is 3.30. The number of aromatic carboxylic acids is 1. The fourth-order valence-electron chi connectivity index (χ4n) is 2.20. The van der Waals surface area contributed by atoms with Gasteiger partial charge >= 0.3 is 18.3 Å². The van der Waals surface area contributed by atoms with Gasteiger partial charge in [-0.3, -0.25) is 0 Å². The number of aryl methyl sites for hydroxylation is 1. The van der Waals surface area contributed by atoms with Crippen LogP contribution in [0.2, 0.25) is 0 Å². The predicted molar refractivity (Wildman–Crippen MR) is 73.6 cm³/mol. The number of rotatable bonds is 2. The van der Waals surface area contributed by atoms with Gasteiger partial charge in [-0.2, -0.15) is 26.3 Å². The van der Waals surface area contributed by atoms with Crippen LogP contribution in [0, 0.1) is 6.92 Å². The van der Waals surface area contributed by atoms with E-state index in [-0.39, 0.29) is 17.2 Å². The minimum absolute atomic E-state index is 0.00185. The second kappa shape index (κ2) is 5.85. The lowest BCUT2D eigenvalue weighted by molar-refractivity contribution is -0.143. The monoisotopic (exact) mass is 348 g/mol. The average Bonchev–Trinajstić information content (AvgIpc) is 2.44. The first kappa shape index (κ1) is 17.8. The number of hydrogen-bond donors (Lipinski definition) is 1. The molecule has 2 rings (SSSR count). The Labute approximate surface area is 132 Å². The zero-order valence-electron chi connectivity index (χ0n) is 12.1. The van der Waals surface area contributed by atoms with E-state index in [0.29, 0.717) is 17.7 Å². The van der Waals surface area contributed by atoms with Crippen molar-refractivity contribution >= 4 is 5.97 Å². The van der Waals surface area contributed by atoms with Crippen molar-refractivity contribution in [1.29, 1.82) is 0 Å². The third kappa shape index (κ3) is 3.69. The summed E-state index contributed by atoms with van der Waals surface area (Å²) in [4.78, 5) is 11.3. The molecule has 0 aliphatic rings. The van der Waals surface area contributed by atoms with E-state index in [1.165, 1.54) is 18.2 Å². The van der Waals surface area contributed by atoms with Crippen molar-refractivity contribution in [3.63, 3.8) is 0 Å². The lowest BCUT2D eigenvalue weighted by Crippen LogP contribution is -2.11. The highest BCUT2D eigenvalue weighted by Gasteiger charge is 2.37. The first-order valence-electron chi connectivity index (χ1n) is 6.53. The first-order valence-corrected chi connectivity index (χ1v) is 6.53. The molecule has 24 heavy (non-hydrogen) atoms. The molecule has 1 N–H and O–H groups in total. The molecule has 0 atom stereocenters. The van der Waals surface area contributed by atoms with Gasteiger partial charge < -0.3 is 5.11 Å². The van der Waals surface area contributed by atoms with Crippen LogP contribution < -0.4 is 0 Å². The van der Waals surface area contributed by atoms with Crippen LogP contribution in [0.15, 0.2) is 36.4 Å². The topological polar surface area (TPSA) is 37.3 Å². The number of alkyl halides is 6. The van der Waals surface area contributed by atoms with E-state index in [2.05, 4.69) is 0 Å². The molecular weight excluding hydrogens is 338 g/mol. The summed E-state index contributed by atoms with van der Waals surface area (Å²) in [6.07, 6.45) is -9.99. The number of halogens is 6. The summed E-state index contributed by atoms with van der Waals surface area (Å²) in [5, 5.41) is 9.17. The highest BCUT2D eigenvalue weighted by atomic mass is 19.4. The summed E-state index contributed by atoms with van der Waals surface area (Å²) in [6.45, 7) is 1.56. The number of hydrogen-bond acceptors (Lipinski definition) is 1. The van der Waals surface area contributed by atoms with Crippen LogP contribution in [0.5, 0.6) is 0 Å². The summed E-state index contributed by atoms with van der Waals surface area (Å²) < 4.78 is 77.3. The van der Waals surface area contributed by atoms with Crippen molar-refractivity contribution in [1.82, 2.24) is 0 Å². The quantitative estimate of drug-likeness (QED) is 0.738. The molecule has 0 bridgehead atoms. The average molecular weight is 348 g/mol. The van der Waals surface area contributed by atoms with Crippen molar-refractivity contribution in [2.75, 3.05) is 0 Å². The normalized spacial score (nSPS) is 12.3. The van der Waals surface area contributed by atoms with Crippen LogP contribution >= 0.6 is 0 Å². The molecule has 2 aromatic carbocycles. The standard InChI is InChI=1S/C16H10F6O2/c1-8-2-3-12(13(4-8)14(23)24)9-5-10(15(17,18)19)7-11(6-9)16(20,21)22/h2-7H,1H3,(H,23,24). The molecule has 0 spiro atoms. The molecule has 8 heteroatoms. The predicted octanol–water partition coefficient (Wildman–Crippen LogP) is 5.40. The van der Waals surface area contributed by atoms with E-state index in [0.717, 1.165) is 0 Å². The van der Waals surface area contributed by atoms with Gasteiger partial charge in [0.05, 0.1) is 16.7 Å². The molecule has 0 heterocycles. The molecule has 2 nitrogen and oxygen atoms in total. The second-order valence-electron chi connectivity index (χ2n) is 5.15. The SMILES string of the molecule is Cc1ccc(-c2cc(C(F)(F)F)cc(C(F)(F)F)c2)c(C(=O)O)c1. The number of carboxylic acids is 1. The van der Waals surface area contributed by atoms with Crippen LogP contribution in [0.3, 0.4) is 0 Å². The van der Waals surface area contributed by atoms with Crippen molar-refractivity contribution < 1.29 is 36.2 Å². The Hall–Kier alpha value is -2.51. The molecular formula is C16H10F6O2. The Kier molecular flexibility index (Phi) is 4.34. The minimum Gasteiger partial charge on any atom is -0.478 e. The molecule has 0 aliphatic heterocycles. The first-order chi connectivity index (χ1) is 10.9. The van der Waals surface area contributed by atoms with Gasteiger partial charge in [0.15, 0.2) is 0 Å². The van der Waals surface area contributed by atoms with Gasteiger partial charge in [-0.1, -0.05) is 17.7 Å². The van der Waals surface area contributed by atoms with Crippen molar-refractivity contribution in [3.05, 3.63) is 58.7 Å². The third-order valence-corrected chi connectivity index (χ3v) is 3.30. The summed E-state index contributed by atoms with van der Waals surface area (Å²) in [7, 11) is 0. The molecule has 0 saturated heterocycles. The lowest BCUT2D eigenvalue weighted by Gasteiger charge is -2.15. The number of benzene rings is 2. The maximum atomic E-state index is 12.9. The Bertz CT molecular complexity index is 758. The van der Waals surface area contributed by atoms with E-state index in [1.54, 1.807) is 6.92 Å². The molecule has 0 fully saturated rings. The zero-order chi connectivity index (χ0) is 18.3. The molecule has 0 saturated carbocycles. The summed E-state index contributed by atoms with van der Waals surface area (Å²) in [5.41, 5.74) is -3.53. The largest absolute Gasteiger partial charge is 0.478 e. The van der Waals surface area contributed by atoms with Crippen molar-refractivity contribution in [3.8, 4) is 11.1 Å². The zero-order valence-corrected chi connectivity index (χ0v) is 12.1. The van der Waals surface area contributed by atoms with Gasteiger partial charge in [0, 0.05) is 0 Å². The van der Waals surface area contributed by atoms with E-state index in [4.69, 9.17) is 5.11 Å². The molecule has 0 aliphatic carbocycles. The van der Waals surface area contributed by atoms with Gasteiger partial charge in [-0.25, -0.2) is 4.79 Å². The maximum absolute atomic E-state index is 12.9. The Morgan fingerprint density at radius 3 is 1.79 bits per heavy atom. The highest BCUT2D eigenvalue weighted by molar-refractivity contribution is 5.96. The van der Waals surface area contributed by atoms with Gasteiger partial charge in [0.1, 0.15) is 0 Å². The Morgan fingerprint density at radius 2 is 1.38 bits per heavy atom. The van der Waals surface area contributed by atoms with Crippen LogP contribution in [0.1, 0.15) is 27.0 Å². The van der Waals surface area contributed by atoms with E-state index < -0.39 is 35.0 Å². The molecule has 0 amide bonds. The van der Waals surface area contributed by atoms with E-state index in [1.807, 2.05) is 0 Å². The van der Waals surface area contributed by atoms with Gasteiger partial charge in [0.2, 0.25) is 0 Å². The van der Waals surface area contributed by atoms with E-state index >= 15 is 0 Å². The summed E-state index contributed by atoms with van der Waals surface area (Å²) >= 11 is 0. The fourth-order valence-corrected chi connectivity index (χ4v) is 2.20. The molecule has 0 aromatic heterocycles. The molecule has 128 valence electrons. The maximum Gasteiger partial charge on any atom is 0.416 e. The van der Waals surface area contributed by atoms with Crippen LogP contribution in [-0.2, 0) is 12.4 Å². The van der Waals surface area contributed by atoms with Crippen LogP contribution in [-0.4, -0.2) is 11.1 Å². The lowest BCUT2D eigenvalue weighted by atomic mass is 9.94. The van der Waals surface area contributed by atoms with Crippen LogP contribution in [0.25, 0.3) is 11.1 Å².